The molecule has 1 aromatic heterocycles. The van der Waals surface area contributed by atoms with Gasteiger partial charge in [-0.25, -0.2) is 9.97 Å². The van der Waals surface area contributed by atoms with Crippen LogP contribution in [0.4, 0.5) is 5.82 Å². The summed E-state index contributed by atoms with van der Waals surface area (Å²) in [6.07, 6.45) is 0. The predicted molar refractivity (Wildman–Crippen MR) is 68.6 cm³/mol. The Balaban J connectivity index is 2.76. The number of aromatic nitrogens is 2. The van der Waals surface area contributed by atoms with Crippen LogP contribution in [0.1, 0.15) is 19.7 Å². The average molecular weight is 288 g/mol. The molecule has 0 saturated carbocycles. The van der Waals surface area contributed by atoms with E-state index in [9.17, 15) is 0 Å². The van der Waals surface area contributed by atoms with E-state index in [-0.39, 0.29) is 6.04 Å². The first-order valence-corrected chi connectivity index (χ1v) is 6.09. The van der Waals surface area contributed by atoms with Gasteiger partial charge in [-0.3, -0.25) is 0 Å². The number of aryl methyl sites for hydroxylation is 1. The Labute approximate surface area is 105 Å². The summed E-state index contributed by atoms with van der Waals surface area (Å²) >= 11 is 3.36. The molecule has 0 aliphatic rings. The zero-order valence-corrected chi connectivity index (χ0v) is 11.7. The lowest BCUT2D eigenvalue weighted by Crippen LogP contribution is -2.30. The van der Waals surface area contributed by atoms with Gasteiger partial charge in [0.05, 0.1) is 12.6 Å². The minimum atomic E-state index is 0.256. The molecule has 0 fully saturated rings. The highest BCUT2D eigenvalue weighted by Gasteiger charge is 2.13. The lowest BCUT2D eigenvalue weighted by molar-refractivity contribution is 0.171. The van der Waals surface area contributed by atoms with Crippen LogP contribution in [0.15, 0.2) is 10.7 Å². The Morgan fingerprint density at radius 3 is 2.62 bits per heavy atom. The second-order valence-electron chi connectivity index (χ2n) is 4.07. The highest BCUT2D eigenvalue weighted by atomic mass is 79.9. The van der Waals surface area contributed by atoms with E-state index in [1.807, 2.05) is 13.0 Å². The summed E-state index contributed by atoms with van der Waals surface area (Å²) in [5, 5.41) is 3.35. The minimum Gasteiger partial charge on any atom is -0.383 e. The molecule has 0 spiro atoms. The van der Waals surface area contributed by atoms with Crippen molar-refractivity contribution in [3.63, 3.8) is 0 Å². The second kappa shape index (κ2) is 6.15. The van der Waals surface area contributed by atoms with E-state index in [2.05, 4.69) is 45.1 Å². The molecule has 1 aromatic rings. The number of nitrogens with one attached hydrogen (secondary N) is 1. The number of anilines is 1. The van der Waals surface area contributed by atoms with Crippen LogP contribution in [-0.4, -0.2) is 29.7 Å². The zero-order chi connectivity index (χ0) is 12.1. The van der Waals surface area contributed by atoms with Gasteiger partial charge < -0.3 is 10.1 Å². The number of ether oxygens (including phenoxy) is 1. The molecule has 4 nitrogen and oxygen atoms in total. The van der Waals surface area contributed by atoms with E-state index in [0.29, 0.717) is 12.5 Å². The SMILES string of the molecule is COCC(Nc1cc(Br)nc(C)n1)C(C)C. The first kappa shape index (κ1) is 13.4. The number of halogens is 1. The van der Waals surface area contributed by atoms with Crippen LogP contribution in [0.2, 0.25) is 0 Å². The van der Waals surface area contributed by atoms with Gasteiger partial charge in [0.25, 0.3) is 0 Å². The van der Waals surface area contributed by atoms with Crippen LogP contribution in [0.5, 0.6) is 0 Å². The fourth-order valence-corrected chi connectivity index (χ4v) is 1.85. The number of nitrogens with zero attached hydrogens (tertiary/aromatic N) is 2. The Kier molecular flexibility index (Phi) is 5.15. The van der Waals surface area contributed by atoms with Crippen molar-refractivity contribution in [2.24, 2.45) is 5.92 Å². The summed E-state index contributed by atoms with van der Waals surface area (Å²) in [6, 6.07) is 2.13. The maximum atomic E-state index is 5.18. The van der Waals surface area contributed by atoms with Crippen molar-refractivity contribution in [1.82, 2.24) is 9.97 Å². The summed E-state index contributed by atoms with van der Waals surface area (Å²) < 4.78 is 5.97. The molecule has 5 heteroatoms. The predicted octanol–water partition coefficient (Wildman–Crippen LogP) is 2.63. The van der Waals surface area contributed by atoms with Crippen molar-refractivity contribution in [2.75, 3.05) is 19.0 Å². The fourth-order valence-electron chi connectivity index (χ4n) is 1.38. The van der Waals surface area contributed by atoms with Crippen LogP contribution in [-0.2, 0) is 4.74 Å². The highest BCUT2D eigenvalue weighted by molar-refractivity contribution is 9.10. The Hall–Kier alpha value is -0.680. The quantitative estimate of drug-likeness (QED) is 0.846. The molecular formula is C11H18BrN3O. The van der Waals surface area contributed by atoms with Crippen LogP contribution in [0.3, 0.4) is 0 Å². The van der Waals surface area contributed by atoms with Gasteiger partial charge in [0.2, 0.25) is 0 Å². The number of hydrogen-bond donors (Lipinski definition) is 1. The summed E-state index contributed by atoms with van der Waals surface area (Å²) in [7, 11) is 1.71. The van der Waals surface area contributed by atoms with Gasteiger partial charge >= 0.3 is 0 Å². The molecule has 0 aliphatic carbocycles. The van der Waals surface area contributed by atoms with Crippen molar-refractivity contribution in [3.05, 3.63) is 16.5 Å². The number of hydrogen-bond acceptors (Lipinski definition) is 4. The number of rotatable bonds is 5. The maximum absolute atomic E-state index is 5.18. The highest BCUT2D eigenvalue weighted by Crippen LogP contribution is 2.15. The molecule has 1 heterocycles. The topological polar surface area (TPSA) is 47.0 Å². The second-order valence-corrected chi connectivity index (χ2v) is 4.89. The zero-order valence-electron chi connectivity index (χ0n) is 10.1. The molecule has 1 atom stereocenters. The third-order valence-electron chi connectivity index (χ3n) is 2.29. The van der Waals surface area contributed by atoms with Crippen molar-refractivity contribution < 1.29 is 4.74 Å². The van der Waals surface area contributed by atoms with Gasteiger partial charge in [-0.2, -0.15) is 0 Å². The normalized spacial score (nSPS) is 12.9. The minimum absolute atomic E-state index is 0.256. The largest absolute Gasteiger partial charge is 0.383 e. The van der Waals surface area contributed by atoms with Gasteiger partial charge in [-0.05, 0) is 28.8 Å². The molecule has 1 rings (SSSR count). The fraction of sp³-hybridized carbons (Fsp3) is 0.636. The molecule has 1 unspecified atom stereocenters. The van der Waals surface area contributed by atoms with Gasteiger partial charge in [-0.15, -0.1) is 0 Å². The maximum Gasteiger partial charge on any atom is 0.131 e. The molecule has 0 aromatic carbocycles. The standard InChI is InChI=1S/C11H18BrN3O/c1-7(2)9(6-16-4)15-11-5-10(12)13-8(3)14-11/h5,7,9H,6H2,1-4H3,(H,13,14,15). The van der Waals surface area contributed by atoms with Crippen molar-refractivity contribution in [3.8, 4) is 0 Å². The van der Waals surface area contributed by atoms with E-state index >= 15 is 0 Å². The molecule has 90 valence electrons. The first-order chi connectivity index (χ1) is 7.52. The Morgan fingerprint density at radius 1 is 1.44 bits per heavy atom. The van der Waals surface area contributed by atoms with Gasteiger partial charge in [0, 0.05) is 13.2 Å². The van der Waals surface area contributed by atoms with Crippen LogP contribution in [0.25, 0.3) is 0 Å². The van der Waals surface area contributed by atoms with Crippen molar-refractivity contribution >= 4 is 21.7 Å². The van der Waals surface area contributed by atoms with E-state index < -0.39 is 0 Å². The average Bonchev–Trinajstić information content (AvgIpc) is 2.15. The molecule has 0 saturated heterocycles. The molecule has 0 bridgehead atoms. The summed E-state index contributed by atoms with van der Waals surface area (Å²) in [4.78, 5) is 8.50. The number of methoxy groups -OCH3 is 1. The van der Waals surface area contributed by atoms with Crippen molar-refractivity contribution in [1.29, 1.82) is 0 Å². The summed E-state index contributed by atoms with van der Waals surface area (Å²) in [6.45, 7) is 6.84. The van der Waals surface area contributed by atoms with Gasteiger partial charge in [0.1, 0.15) is 16.2 Å². The third kappa shape index (κ3) is 4.06. The first-order valence-electron chi connectivity index (χ1n) is 5.29. The van der Waals surface area contributed by atoms with Crippen LogP contribution >= 0.6 is 15.9 Å². The molecule has 16 heavy (non-hydrogen) atoms. The molecule has 1 N–H and O–H groups in total. The van der Waals surface area contributed by atoms with E-state index in [1.165, 1.54) is 0 Å². The van der Waals surface area contributed by atoms with Crippen LogP contribution in [0, 0.1) is 12.8 Å². The summed E-state index contributed by atoms with van der Waals surface area (Å²) in [5.41, 5.74) is 0. The van der Waals surface area contributed by atoms with Crippen molar-refractivity contribution in [2.45, 2.75) is 26.8 Å². The lowest BCUT2D eigenvalue weighted by Gasteiger charge is -2.22. The van der Waals surface area contributed by atoms with E-state index in [4.69, 9.17) is 4.74 Å². The van der Waals surface area contributed by atoms with E-state index in [1.54, 1.807) is 7.11 Å². The van der Waals surface area contributed by atoms with Gasteiger partial charge in [0.15, 0.2) is 0 Å². The van der Waals surface area contributed by atoms with Gasteiger partial charge in [-0.1, -0.05) is 13.8 Å². The monoisotopic (exact) mass is 287 g/mol. The summed E-state index contributed by atoms with van der Waals surface area (Å²) in [5.74, 6) is 2.06. The lowest BCUT2D eigenvalue weighted by atomic mass is 10.1. The molecular weight excluding hydrogens is 270 g/mol. The smallest absolute Gasteiger partial charge is 0.131 e. The Morgan fingerprint density at radius 2 is 2.12 bits per heavy atom. The molecule has 0 aliphatic heterocycles. The molecule has 0 amide bonds. The molecule has 0 radical (unpaired) electrons. The Bertz CT molecular complexity index is 324. The third-order valence-corrected chi connectivity index (χ3v) is 2.70. The van der Waals surface area contributed by atoms with Crippen LogP contribution < -0.4 is 5.32 Å². The van der Waals surface area contributed by atoms with E-state index in [0.717, 1.165) is 16.2 Å².